The van der Waals surface area contributed by atoms with Crippen molar-refractivity contribution in [2.24, 2.45) is 0 Å². The first-order valence-corrected chi connectivity index (χ1v) is 11.1. The SMILES string of the molecule is COc1ccc2nccc(Nc3cccc(C(=O)Nc4cccc(Nc5ccncc5)c4)c3)c2c1. The summed E-state index contributed by atoms with van der Waals surface area (Å²) in [5, 5.41) is 10.6. The summed E-state index contributed by atoms with van der Waals surface area (Å²) in [6.07, 6.45) is 5.20. The van der Waals surface area contributed by atoms with Crippen molar-refractivity contribution in [2.75, 3.05) is 23.1 Å². The molecule has 1 amide bonds. The summed E-state index contributed by atoms with van der Waals surface area (Å²) in [6, 6.07) is 26.3. The van der Waals surface area contributed by atoms with E-state index in [9.17, 15) is 4.79 Å². The Morgan fingerprint density at radius 1 is 0.743 bits per heavy atom. The molecule has 5 rings (SSSR count). The molecule has 2 aromatic heterocycles. The highest BCUT2D eigenvalue weighted by Gasteiger charge is 2.09. The van der Waals surface area contributed by atoms with Crippen LogP contribution in [0.25, 0.3) is 10.9 Å². The maximum atomic E-state index is 13.0. The largest absolute Gasteiger partial charge is 0.497 e. The predicted octanol–water partition coefficient (Wildman–Crippen LogP) is 6.38. The zero-order valence-corrected chi connectivity index (χ0v) is 19.0. The maximum absolute atomic E-state index is 13.0. The van der Waals surface area contributed by atoms with E-state index >= 15 is 0 Å². The molecule has 3 aromatic carbocycles. The third-order valence-electron chi connectivity index (χ3n) is 5.44. The molecule has 2 heterocycles. The zero-order chi connectivity index (χ0) is 24.0. The molecule has 0 aliphatic heterocycles. The molecule has 0 bridgehead atoms. The van der Waals surface area contributed by atoms with Crippen LogP contribution in [-0.2, 0) is 0 Å². The fourth-order valence-electron chi connectivity index (χ4n) is 3.73. The molecule has 0 radical (unpaired) electrons. The highest BCUT2D eigenvalue weighted by molar-refractivity contribution is 6.05. The van der Waals surface area contributed by atoms with Crippen molar-refractivity contribution in [3.8, 4) is 5.75 Å². The summed E-state index contributed by atoms with van der Waals surface area (Å²) < 4.78 is 5.36. The number of amides is 1. The Labute approximate surface area is 202 Å². The van der Waals surface area contributed by atoms with Gasteiger partial charge in [-0.25, -0.2) is 0 Å². The van der Waals surface area contributed by atoms with Gasteiger partial charge in [0.1, 0.15) is 5.75 Å². The average Bonchev–Trinajstić information content (AvgIpc) is 2.89. The van der Waals surface area contributed by atoms with Gasteiger partial charge in [0, 0.05) is 58.0 Å². The van der Waals surface area contributed by atoms with E-state index in [1.165, 1.54) is 0 Å². The molecule has 0 aliphatic carbocycles. The number of nitrogens with zero attached hydrogens (tertiary/aromatic N) is 2. The Balaban J connectivity index is 1.33. The lowest BCUT2D eigenvalue weighted by atomic mass is 10.1. The number of fused-ring (bicyclic) bond motifs is 1. The van der Waals surface area contributed by atoms with Gasteiger partial charge in [0.25, 0.3) is 5.91 Å². The summed E-state index contributed by atoms with van der Waals surface area (Å²) in [5.41, 5.74) is 5.54. The van der Waals surface area contributed by atoms with E-state index in [2.05, 4.69) is 25.9 Å². The second-order valence-electron chi connectivity index (χ2n) is 7.84. The Bertz CT molecular complexity index is 1490. The molecule has 7 nitrogen and oxygen atoms in total. The monoisotopic (exact) mass is 461 g/mol. The Morgan fingerprint density at radius 3 is 2.34 bits per heavy atom. The normalized spacial score (nSPS) is 10.5. The molecule has 0 unspecified atom stereocenters. The molecule has 172 valence electrons. The van der Waals surface area contributed by atoms with Crippen molar-refractivity contribution < 1.29 is 9.53 Å². The van der Waals surface area contributed by atoms with Crippen LogP contribution in [0.2, 0.25) is 0 Å². The van der Waals surface area contributed by atoms with E-state index in [1.54, 1.807) is 31.8 Å². The van der Waals surface area contributed by atoms with Gasteiger partial charge in [-0.05, 0) is 72.8 Å². The highest BCUT2D eigenvalue weighted by Crippen LogP contribution is 2.29. The van der Waals surface area contributed by atoms with Gasteiger partial charge in [0.2, 0.25) is 0 Å². The lowest BCUT2D eigenvalue weighted by Gasteiger charge is -2.12. The van der Waals surface area contributed by atoms with Crippen LogP contribution in [0.3, 0.4) is 0 Å². The Morgan fingerprint density at radius 2 is 1.51 bits per heavy atom. The summed E-state index contributed by atoms with van der Waals surface area (Å²) >= 11 is 0. The van der Waals surface area contributed by atoms with Gasteiger partial charge in [-0.1, -0.05) is 12.1 Å². The molecular weight excluding hydrogens is 438 g/mol. The van der Waals surface area contributed by atoms with Crippen LogP contribution in [0.15, 0.2) is 104 Å². The molecule has 0 fully saturated rings. The average molecular weight is 462 g/mol. The van der Waals surface area contributed by atoms with Crippen molar-refractivity contribution in [1.29, 1.82) is 0 Å². The van der Waals surface area contributed by atoms with E-state index in [0.29, 0.717) is 11.3 Å². The minimum absolute atomic E-state index is 0.198. The lowest BCUT2D eigenvalue weighted by molar-refractivity contribution is 0.102. The van der Waals surface area contributed by atoms with E-state index in [0.717, 1.165) is 39.4 Å². The topological polar surface area (TPSA) is 88.2 Å². The molecule has 0 saturated heterocycles. The third kappa shape index (κ3) is 5.20. The number of pyridine rings is 2. The molecule has 0 aliphatic rings. The summed E-state index contributed by atoms with van der Waals surface area (Å²) in [4.78, 5) is 21.4. The van der Waals surface area contributed by atoms with Gasteiger partial charge in [-0.3, -0.25) is 14.8 Å². The first-order valence-electron chi connectivity index (χ1n) is 11.1. The zero-order valence-electron chi connectivity index (χ0n) is 19.0. The van der Waals surface area contributed by atoms with Crippen LogP contribution in [0, 0.1) is 0 Å². The number of hydrogen-bond acceptors (Lipinski definition) is 6. The fourth-order valence-corrected chi connectivity index (χ4v) is 3.73. The number of rotatable bonds is 7. The number of aromatic nitrogens is 2. The number of ether oxygens (including phenoxy) is 1. The van der Waals surface area contributed by atoms with E-state index in [4.69, 9.17) is 4.74 Å². The molecule has 35 heavy (non-hydrogen) atoms. The maximum Gasteiger partial charge on any atom is 0.255 e. The predicted molar refractivity (Wildman–Crippen MR) is 140 cm³/mol. The Kier molecular flexibility index (Phi) is 6.21. The number of hydrogen-bond donors (Lipinski definition) is 3. The van der Waals surface area contributed by atoms with Gasteiger partial charge in [0.15, 0.2) is 0 Å². The molecule has 3 N–H and O–H groups in total. The van der Waals surface area contributed by atoms with Gasteiger partial charge in [0.05, 0.1) is 12.6 Å². The number of benzene rings is 3. The molecule has 0 saturated carbocycles. The number of methoxy groups -OCH3 is 1. The highest BCUT2D eigenvalue weighted by atomic mass is 16.5. The minimum Gasteiger partial charge on any atom is -0.497 e. The number of nitrogens with one attached hydrogen (secondary N) is 3. The van der Waals surface area contributed by atoms with Crippen molar-refractivity contribution in [3.05, 3.63) is 109 Å². The quantitative estimate of drug-likeness (QED) is 0.261. The lowest BCUT2D eigenvalue weighted by Crippen LogP contribution is -2.12. The van der Waals surface area contributed by atoms with Crippen LogP contribution in [0.1, 0.15) is 10.4 Å². The van der Waals surface area contributed by atoms with Gasteiger partial charge in [-0.15, -0.1) is 0 Å². The van der Waals surface area contributed by atoms with Crippen molar-refractivity contribution >= 4 is 45.2 Å². The summed E-state index contributed by atoms with van der Waals surface area (Å²) in [6.45, 7) is 0. The van der Waals surface area contributed by atoms with Gasteiger partial charge >= 0.3 is 0 Å². The second kappa shape index (κ2) is 9.93. The smallest absolute Gasteiger partial charge is 0.255 e. The van der Waals surface area contributed by atoms with Crippen molar-refractivity contribution in [3.63, 3.8) is 0 Å². The van der Waals surface area contributed by atoms with Crippen molar-refractivity contribution in [2.45, 2.75) is 0 Å². The summed E-state index contributed by atoms with van der Waals surface area (Å²) in [7, 11) is 1.64. The first kappa shape index (κ1) is 21.9. The standard InChI is InChI=1S/C28H23N5O2/c1-35-24-8-9-26-25(18-24)27(12-15-30-26)32-21-5-2-4-19(16-21)28(34)33-23-7-3-6-22(17-23)31-20-10-13-29-14-11-20/h2-18H,1H3,(H,29,31)(H,30,32)(H,33,34). The first-order chi connectivity index (χ1) is 17.2. The molecular formula is C28H23N5O2. The fraction of sp³-hybridized carbons (Fsp3) is 0.0357. The molecule has 5 aromatic rings. The second-order valence-corrected chi connectivity index (χ2v) is 7.84. The van der Waals surface area contributed by atoms with Crippen LogP contribution >= 0.6 is 0 Å². The Hall–Kier alpha value is -4.91. The molecule has 0 spiro atoms. The van der Waals surface area contributed by atoms with Crippen LogP contribution in [0.4, 0.5) is 28.4 Å². The third-order valence-corrected chi connectivity index (χ3v) is 5.44. The van der Waals surface area contributed by atoms with Crippen LogP contribution in [-0.4, -0.2) is 23.0 Å². The number of anilines is 5. The van der Waals surface area contributed by atoms with E-state index in [1.807, 2.05) is 78.9 Å². The van der Waals surface area contributed by atoms with Gasteiger partial charge in [-0.2, -0.15) is 0 Å². The molecule has 7 heteroatoms. The summed E-state index contributed by atoms with van der Waals surface area (Å²) in [5.74, 6) is 0.554. The molecule has 0 atom stereocenters. The van der Waals surface area contributed by atoms with Crippen LogP contribution < -0.4 is 20.7 Å². The number of carbonyl (C=O) groups is 1. The van der Waals surface area contributed by atoms with Gasteiger partial charge < -0.3 is 20.7 Å². The van der Waals surface area contributed by atoms with E-state index in [-0.39, 0.29) is 5.91 Å². The van der Waals surface area contributed by atoms with Crippen LogP contribution in [0.5, 0.6) is 5.75 Å². The van der Waals surface area contributed by atoms with Crippen molar-refractivity contribution in [1.82, 2.24) is 9.97 Å². The van der Waals surface area contributed by atoms with E-state index < -0.39 is 0 Å². The number of carbonyl (C=O) groups excluding carboxylic acids is 1. The minimum atomic E-state index is -0.198.